The molecule has 2 rings (SSSR count). The number of guanidine groups is 1. The lowest BCUT2D eigenvalue weighted by Gasteiger charge is -2.31. The Morgan fingerprint density at radius 2 is 1.93 bits per heavy atom. The van der Waals surface area contributed by atoms with Gasteiger partial charge in [-0.3, -0.25) is 0 Å². The molecule has 9 nitrogen and oxygen atoms in total. The Morgan fingerprint density at radius 1 is 1.26 bits per heavy atom. The van der Waals surface area contributed by atoms with E-state index in [9.17, 15) is 9.59 Å². The minimum atomic E-state index is -0.498. The molecule has 0 aliphatic carbocycles. The maximum atomic E-state index is 11.7. The Bertz CT molecular complexity index is 641. The van der Waals surface area contributed by atoms with Gasteiger partial charge in [-0.05, 0) is 38.8 Å². The molecule has 0 aromatic carbocycles. The smallest absolute Gasteiger partial charge is 0.409 e. The lowest BCUT2D eigenvalue weighted by Crippen LogP contribution is -2.48. The molecule has 0 atom stereocenters. The molecular formula is C17H27IN4O5. The van der Waals surface area contributed by atoms with Crippen molar-refractivity contribution in [3.05, 3.63) is 23.7 Å². The van der Waals surface area contributed by atoms with Gasteiger partial charge in [0.25, 0.3) is 0 Å². The van der Waals surface area contributed by atoms with Gasteiger partial charge in [-0.1, -0.05) is 0 Å². The molecule has 2 heterocycles. The molecule has 1 aliphatic heterocycles. The van der Waals surface area contributed by atoms with Crippen molar-refractivity contribution in [2.45, 2.75) is 39.3 Å². The molecule has 152 valence electrons. The van der Waals surface area contributed by atoms with E-state index in [1.807, 2.05) is 0 Å². The van der Waals surface area contributed by atoms with E-state index in [1.165, 1.54) is 0 Å². The Morgan fingerprint density at radius 3 is 2.56 bits per heavy atom. The van der Waals surface area contributed by atoms with Gasteiger partial charge in [0.1, 0.15) is 12.3 Å². The van der Waals surface area contributed by atoms with Gasteiger partial charge < -0.3 is 29.8 Å². The summed E-state index contributed by atoms with van der Waals surface area (Å²) in [6.45, 7) is 5.64. The van der Waals surface area contributed by atoms with Crippen LogP contribution in [0.25, 0.3) is 0 Å². The summed E-state index contributed by atoms with van der Waals surface area (Å²) >= 11 is 0. The molecule has 1 aromatic heterocycles. The van der Waals surface area contributed by atoms with Crippen LogP contribution in [0.2, 0.25) is 0 Å². The van der Waals surface area contributed by atoms with Gasteiger partial charge in [-0.2, -0.15) is 0 Å². The number of nitrogens with two attached hydrogens (primary N) is 1. The van der Waals surface area contributed by atoms with E-state index >= 15 is 0 Å². The van der Waals surface area contributed by atoms with Crippen LogP contribution in [0.15, 0.2) is 21.5 Å². The van der Waals surface area contributed by atoms with Crippen LogP contribution in [-0.2, 0) is 16.0 Å². The predicted octanol–water partition coefficient (Wildman–Crippen LogP) is 2.10. The third kappa shape index (κ3) is 7.27. The maximum Gasteiger partial charge on any atom is 0.409 e. The number of nitrogens with zero attached hydrogens (tertiary/aromatic N) is 2. The SMILES string of the molecule is CCOC(=O)c1ccc(CN=C(N)NC2CCN(C(=O)OCC)CC2)o1.I. The van der Waals surface area contributed by atoms with Gasteiger partial charge in [0.15, 0.2) is 5.96 Å². The number of likely N-dealkylation sites (tertiary alicyclic amines) is 1. The molecular weight excluding hydrogens is 467 g/mol. The highest BCUT2D eigenvalue weighted by Gasteiger charge is 2.23. The lowest BCUT2D eigenvalue weighted by atomic mass is 10.1. The standard InChI is InChI=1S/C17H26N4O5.HI/c1-3-24-15(22)14-6-5-13(26-14)11-19-16(18)20-12-7-9-21(10-8-12)17(23)25-4-2;/h5-6,12H,3-4,7-11H2,1-2H3,(H3,18,19,20);1H. The summed E-state index contributed by atoms with van der Waals surface area (Å²) in [4.78, 5) is 29.1. The molecule has 3 N–H and O–H groups in total. The Balaban J connectivity index is 0.00000364. The monoisotopic (exact) mass is 494 g/mol. The molecule has 1 aromatic rings. The quantitative estimate of drug-likeness (QED) is 0.269. The first-order chi connectivity index (χ1) is 12.5. The number of carbonyl (C=O) groups is 2. The number of furan rings is 1. The minimum absolute atomic E-state index is 0. The highest BCUT2D eigenvalue weighted by atomic mass is 127. The molecule has 0 bridgehead atoms. The number of hydrogen-bond acceptors (Lipinski definition) is 6. The van der Waals surface area contributed by atoms with Gasteiger partial charge in [-0.15, -0.1) is 24.0 Å². The summed E-state index contributed by atoms with van der Waals surface area (Å²) in [5, 5.41) is 3.15. The first-order valence-electron chi connectivity index (χ1n) is 8.77. The summed E-state index contributed by atoms with van der Waals surface area (Å²) in [7, 11) is 0. The second kappa shape index (κ2) is 11.7. The third-order valence-electron chi connectivity index (χ3n) is 3.92. The number of ether oxygens (including phenoxy) is 2. The van der Waals surface area contributed by atoms with Gasteiger partial charge in [0.2, 0.25) is 5.76 Å². The summed E-state index contributed by atoms with van der Waals surface area (Å²) < 4.78 is 15.2. The zero-order valence-electron chi connectivity index (χ0n) is 15.6. The van der Waals surface area contributed by atoms with Crippen LogP contribution in [0.3, 0.4) is 0 Å². The maximum absolute atomic E-state index is 11.7. The minimum Gasteiger partial charge on any atom is -0.460 e. The number of nitrogens with one attached hydrogen (secondary N) is 1. The summed E-state index contributed by atoms with van der Waals surface area (Å²) in [6, 6.07) is 3.37. The van der Waals surface area contributed by atoms with Crippen molar-refractivity contribution in [2.75, 3.05) is 26.3 Å². The van der Waals surface area contributed by atoms with Crippen LogP contribution in [0.5, 0.6) is 0 Å². The number of rotatable bonds is 6. The summed E-state index contributed by atoms with van der Waals surface area (Å²) in [6.07, 6.45) is 1.26. The first kappa shape index (κ1) is 23.1. The van der Waals surface area contributed by atoms with E-state index < -0.39 is 5.97 Å². The molecule has 0 radical (unpaired) electrons. The molecule has 1 fully saturated rings. The zero-order valence-corrected chi connectivity index (χ0v) is 17.9. The molecule has 27 heavy (non-hydrogen) atoms. The number of hydrogen-bond donors (Lipinski definition) is 2. The van der Waals surface area contributed by atoms with Crippen LogP contribution in [-0.4, -0.2) is 55.3 Å². The van der Waals surface area contributed by atoms with Crippen molar-refractivity contribution in [1.82, 2.24) is 10.2 Å². The highest BCUT2D eigenvalue weighted by molar-refractivity contribution is 14.0. The second-order valence-corrected chi connectivity index (χ2v) is 5.79. The van der Waals surface area contributed by atoms with Gasteiger partial charge in [0, 0.05) is 19.1 Å². The largest absolute Gasteiger partial charge is 0.460 e. The van der Waals surface area contributed by atoms with Crippen molar-refractivity contribution >= 4 is 42.0 Å². The van der Waals surface area contributed by atoms with Crippen LogP contribution < -0.4 is 11.1 Å². The fourth-order valence-electron chi connectivity index (χ4n) is 2.61. The summed E-state index contributed by atoms with van der Waals surface area (Å²) in [5.74, 6) is 0.473. The Labute approximate surface area is 175 Å². The number of amides is 1. The van der Waals surface area contributed by atoms with Crippen molar-refractivity contribution in [3.63, 3.8) is 0 Å². The summed E-state index contributed by atoms with van der Waals surface area (Å²) in [5.41, 5.74) is 5.91. The number of esters is 1. The highest BCUT2D eigenvalue weighted by Crippen LogP contribution is 2.12. The van der Waals surface area contributed by atoms with Crippen molar-refractivity contribution in [3.8, 4) is 0 Å². The molecule has 0 saturated carbocycles. The topological polar surface area (TPSA) is 119 Å². The van der Waals surface area contributed by atoms with Crippen molar-refractivity contribution in [2.24, 2.45) is 10.7 Å². The molecule has 1 aliphatic rings. The van der Waals surface area contributed by atoms with E-state index in [0.717, 1.165) is 12.8 Å². The Hall–Kier alpha value is -1.98. The normalized spacial score (nSPS) is 15.0. The number of aliphatic imine (C=N–C) groups is 1. The van der Waals surface area contributed by atoms with Gasteiger partial charge in [-0.25, -0.2) is 14.6 Å². The van der Waals surface area contributed by atoms with E-state index in [2.05, 4.69) is 10.3 Å². The number of halogens is 1. The molecule has 0 spiro atoms. The van der Waals surface area contributed by atoms with E-state index in [-0.39, 0.29) is 48.4 Å². The predicted molar refractivity (Wildman–Crippen MR) is 110 cm³/mol. The van der Waals surface area contributed by atoms with Crippen LogP contribution >= 0.6 is 24.0 Å². The Kier molecular flexibility index (Phi) is 9.97. The lowest BCUT2D eigenvalue weighted by molar-refractivity contribution is 0.0488. The average Bonchev–Trinajstić information content (AvgIpc) is 3.10. The van der Waals surface area contributed by atoms with Crippen LogP contribution in [0.4, 0.5) is 4.79 Å². The molecule has 1 amide bonds. The second-order valence-electron chi connectivity index (χ2n) is 5.79. The fourth-order valence-corrected chi connectivity index (χ4v) is 2.61. The van der Waals surface area contributed by atoms with Gasteiger partial charge in [0.05, 0.1) is 13.2 Å². The third-order valence-corrected chi connectivity index (χ3v) is 3.92. The van der Waals surface area contributed by atoms with Crippen molar-refractivity contribution in [1.29, 1.82) is 0 Å². The zero-order chi connectivity index (χ0) is 18.9. The number of carbonyl (C=O) groups excluding carboxylic acids is 2. The van der Waals surface area contributed by atoms with Crippen LogP contribution in [0.1, 0.15) is 43.0 Å². The van der Waals surface area contributed by atoms with Gasteiger partial charge >= 0.3 is 12.1 Å². The van der Waals surface area contributed by atoms with Crippen molar-refractivity contribution < 1.29 is 23.5 Å². The average molecular weight is 494 g/mol. The van der Waals surface area contributed by atoms with E-state index in [1.54, 1.807) is 30.9 Å². The fraction of sp³-hybridized carbons (Fsp3) is 0.588. The molecule has 1 saturated heterocycles. The molecule has 0 unspecified atom stereocenters. The number of piperidine rings is 1. The molecule has 10 heteroatoms. The van der Waals surface area contributed by atoms with E-state index in [4.69, 9.17) is 19.6 Å². The van der Waals surface area contributed by atoms with Crippen LogP contribution in [0, 0.1) is 0 Å². The first-order valence-corrected chi connectivity index (χ1v) is 8.77. The van der Waals surface area contributed by atoms with E-state index in [0.29, 0.717) is 38.0 Å².